The van der Waals surface area contributed by atoms with Crippen molar-refractivity contribution in [3.05, 3.63) is 22.4 Å². The molecule has 0 aromatic carbocycles. The highest BCUT2D eigenvalue weighted by molar-refractivity contribution is 7.09. The van der Waals surface area contributed by atoms with Crippen LogP contribution in [0.15, 0.2) is 17.5 Å². The molecule has 1 rings (SSSR count). The molecule has 0 spiro atoms. The average Bonchev–Trinajstić information content (AvgIpc) is 2.52. The van der Waals surface area contributed by atoms with Crippen LogP contribution in [0.1, 0.15) is 18.7 Å². The van der Waals surface area contributed by atoms with Crippen molar-refractivity contribution in [2.75, 3.05) is 0 Å². The Hall–Kier alpha value is -0.870. The van der Waals surface area contributed by atoms with Crippen molar-refractivity contribution in [2.24, 2.45) is 0 Å². The Morgan fingerprint density at radius 2 is 2.38 bits per heavy atom. The summed E-state index contributed by atoms with van der Waals surface area (Å²) < 4.78 is 5.25. The quantitative estimate of drug-likeness (QED) is 0.809. The summed E-state index contributed by atoms with van der Waals surface area (Å²) in [5.41, 5.74) is -1.11. The summed E-state index contributed by atoms with van der Waals surface area (Å²) in [6, 6.07) is 3.83. The van der Waals surface area contributed by atoms with E-state index in [4.69, 9.17) is 9.84 Å². The molecule has 4 heteroatoms. The highest BCUT2D eigenvalue weighted by Crippen LogP contribution is 2.16. The molecule has 0 bridgehead atoms. The molecule has 0 aliphatic heterocycles. The summed E-state index contributed by atoms with van der Waals surface area (Å²) in [4.78, 5) is 11.7. The molecule has 0 saturated carbocycles. The maximum atomic E-state index is 10.7. The Morgan fingerprint density at radius 1 is 1.69 bits per heavy atom. The SMILES string of the molecule is CC(C)(OCc1cccs1)C(=O)O. The van der Waals surface area contributed by atoms with E-state index in [0.717, 1.165) is 4.88 Å². The van der Waals surface area contributed by atoms with Crippen LogP contribution in [0, 0.1) is 0 Å². The van der Waals surface area contributed by atoms with Gasteiger partial charge in [0.15, 0.2) is 5.60 Å². The number of ether oxygens (including phenoxy) is 1. The van der Waals surface area contributed by atoms with E-state index in [1.807, 2.05) is 17.5 Å². The molecule has 1 heterocycles. The molecule has 0 unspecified atom stereocenters. The third kappa shape index (κ3) is 2.82. The van der Waals surface area contributed by atoms with Gasteiger partial charge in [-0.2, -0.15) is 0 Å². The largest absolute Gasteiger partial charge is 0.479 e. The van der Waals surface area contributed by atoms with Crippen molar-refractivity contribution >= 4 is 17.3 Å². The molecule has 72 valence electrons. The highest BCUT2D eigenvalue weighted by atomic mass is 32.1. The van der Waals surface area contributed by atoms with Crippen molar-refractivity contribution in [1.29, 1.82) is 0 Å². The Bertz CT molecular complexity index is 277. The molecule has 0 atom stereocenters. The summed E-state index contributed by atoms with van der Waals surface area (Å²) in [5, 5.41) is 10.7. The first-order valence-corrected chi connectivity index (χ1v) is 4.80. The number of hydrogen-bond donors (Lipinski definition) is 1. The van der Waals surface area contributed by atoms with Crippen molar-refractivity contribution in [3.8, 4) is 0 Å². The van der Waals surface area contributed by atoms with Crippen molar-refractivity contribution in [3.63, 3.8) is 0 Å². The molecule has 0 radical (unpaired) electrons. The first-order chi connectivity index (χ1) is 6.02. The van der Waals surface area contributed by atoms with Crippen LogP contribution in [0.3, 0.4) is 0 Å². The molecular weight excluding hydrogens is 188 g/mol. The number of thiophene rings is 1. The Labute approximate surface area is 81.0 Å². The molecule has 3 nitrogen and oxygen atoms in total. The normalized spacial score (nSPS) is 11.5. The van der Waals surface area contributed by atoms with Gasteiger partial charge in [-0.3, -0.25) is 0 Å². The molecule has 0 aliphatic carbocycles. The molecular formula is C9H12O3S. The fourth-order valence-electron chi connectivity index (χ4n) is 0.708. The summed E-state index contributed by atoms with van der Waals surface area (Å²) >= 11 is 1.56. The third-order valence-corrected chi connectivity index (χ3v) is 2.52. The van der Waals surface area contributed by atoms with Gasteiger partial charge in [0.25, 0.3) is 0 Å². The van der Waals surface area contributed by atoms with E-state index < -0.39 is 11.6 Å². The van der Waals surface area contributed by atoms with E-state index in [-0.39, 0.29) is 0 Å². The van der Waals surface area contributed by atoms with Gasteiger partial charge in [0.05, 0.1) is 6.61 Å². The molecule has 0 aliphatic rings. The van der Waals surface area contributed by atoms with Crippen molar-refractivity contribution < 1.29 is 14.6 Å². The Balaban J connectivity index is 2.47. The van der Waals surface area contributed by atoms with E-state index in [0.29, 0.717) is 6.61 Å². The van der Waals surface area contributed by atoms with Gasteiger partial charge in [-0.05, 0) is 25.3 Å². The Morgan fingerprint density at radius 3 is 2.85 bits per heavy atom. The number of carbonyl (C=O) groups is 1. The standard InChI is InChI=1S/C9H12O3S/c1-9(2,8(10)11)12-6-7-4-3-5-13-7/h3-5H,6H2,1-2H3,(H,10,11). The first kappa shape index (κ1) is 10.2. The highest BCUT2D eigenvalue weighted by Gasteiger charge is 2.27. The van der Waals surface area contributed by atoms with Gasteiger partial charge in [-0.25, -0.2) is 4.79 Å². The summed E-state index contributed by atoms with van der Waals surface area (Å²) in [5.74, 6) is -0.941. The summed E-state index contributed by atoms with van der Waals surface area (Å²) in [6.45, 7) is 3.45. The monoisotopic (exact) mass is 200 g/mol. The maximum absolute atomic E-state index is 10.7. The minimum atomic E-state index is -1.11. The molecule has 1 N–H and O–H groups in total. The van der Waals surface area contributed by atoms with Gasteiger partial charge in [0, 0.05) is 4.88 Å². The molecule has 0 saturated heterocycles. The number of aliphatic carboxylic acids is 1. The Kier molecular flexibility index (Phi) is 3.06. The van der Waals surface area contributed by atoms with Crippen LogP contribution < -0.4 is 0 Å². The molecule has 1 aromatic heterocycles. The lowest BCUT2D eigenvalue weighted by Crippen LogP contribution is -2.34. The fraction of sp³-hybridized carbons (Fsp3) is 0.444. The van der Waals surface area contributed by atoms with Gasteiger partial charge in [-0.1, -0.05) is 6.07 Å². The molecule has 1 aromatic rings. The second kappa shape index (κ2) is 3.89. The van der Waals surface area contributed by atoms with Crippen LogP contribution in [-0.4, -0.2) is 16.7 Å². The van der Waals surface area contributed by atoms with Gasteiger partial charge in [0.1, 0.15) is 0 Å². The van der Waals surface area contributed by atoms with Crippen LogP contribution in [0.2, 0.25) is 0 Å². The van der Waals surface area contributed by atoms with E-state index in [9.17, 15) is 4.79 Å². The molecule has 0 amide bonds. The van der Waals surface area contributed by atoms with Crippen LogP contribution >= 0.6 is 11.3 Å². The van der Waals surface area contributed by atoms with Gasteiger partial charge >= 0.3 is 5.97 Å². The number of rotatable bonds is 4. The van der Waals surface area contributed by atoms with Crippen LogP contribution in [0.4, 0.5) is 0 Å². The van der Waals surface area contributed by atoms with Crippen LogP contribution in [0.5, 0.6) is 0 Å². The minimum Gasteiger partial charge on any atom is -0.479 e. The molecule has 0 fully saturated rings. The van der Waals surface area contributed by atoms with Gasteiger partial charge < -0.3 is 9.84 Å². The third-order valence-electron chi connectivity index (χ3n) is 1.67. The van der Waals surface area contributed by atoms with Crippen LogP contribution in [-0.2, 0) is 16.1 Å². The zero-order chi connectivity index (χ0) is 9.90. The van der Waals surface area contributed by atoms with E-state index in [1.165, 1.54) is 0 Å². The predicted molar refractivity (Wildman–Crippen MR) is 50.8 cm³/mol. The minimum absolute atomic E-state index is 0.358. The van der Waals surface area contributed by atoms with E-state index in [1.54, 1.807) is 25.2 Å². The second-order valence-corrected chi connectivity index (χ2v) is 4.22. The lowest BCUT2D eigenvalue weighted by Gasteiger charge is -2.19. The number of hydrogen-bond acceptors (Lipinski definition) is 3. The zero-order valence-electron chi connectivity index (χ0n) is 7.61. The lowest BCUT2D eigenvalue weighted by molar-refractivity contribution is -0.162. The average molecular weight is 200 g/mol. The maximum Gasteiger partial charge on any atom is 0.335 e. The topological polar surface area (TPSA) is 46.5 Å². The predicted octanol–water partition coefficient (Wildman–Crippen LogP) is 2.13. The fourth-order valence-corrected chi connectivity index (χ4v) is 1.32. The molecule has 13 heavy (non-hydrogen) atoms. The van der Waals surface area contributed by atoms with Gasteiger partial charge in [0.2, 0.25) is 0 Å². The van der Waals surface area contributed by atoms with Gasteiger partial charge in [-0.15, -0.1) is 11.3 Å². The number of carboxylic acid groups (broad SMARTS) is 1. The van der Waals surface area contributed by atoms with Crippen molar-refractivity contribution in [1.82, 2.24) is 0 Å². The first-order valence-electron chi connectivity index (χ1n) is 3.92. The van der Waals surface area contributed by atoms with E-state index in [2.05, 4.69) is 0 Å². The summed E-state index contributed by atoms with van der Waals surface area (Å²) in [7, 11) is 0. The smallest absolute Gasteiger partial charge is 0.335 e. The van der Waals surface area contributed by atoms with Crippen LogP contribution in [0.25, 0.3) is 0 Å². The summed E-state index contributed by atoms with van der Waals surface area (Å²) in [6.07, 6.45) is 0. The second-order valence-electron chi connectivity index (χ2n) is 3.18. The number of carboxylic acids is 1. The lowest BCUT2D eigenvalue weighted by atomic mass is 10.1. The van der Waals surface area contributed by atoms with E-state index >= 15 is 0 Å². The van der Waals surface area contributed by atoms with Crippen molar-refractivity contribution in [2.45, 2.75) is 26.1 Å². The zero-order valence-corrected chi connectivity index (χ0v) is 8.43.